The molecule has 0 aromatic rings. The Labute approximate surface area is 108 Å². The van der Waals surface area contributed by atoms with E-state index in [-0.39, 0.29) is 5.01 Å². The molecule has 0 N–H and O–H groups in total. The van der Waals surface area contributed by atoms with E-state index in [1.165, 1.54) is 0 Å². The topological polar surface area (TPSA) is 39.4 Å². The van der Waals surface area contributed by atoms with Crippen molar-refractivity contribution in [3.63, 3.8) is 0 Å². The van der Waals surface area contributed by atoms with Crippen molar-refractivity contribution in [1.29, 1.82) is 5.26 Å². The molecule has 3 nitrogen and oxygen atoms in total. The van der Waals surface area contributed by atoms with Crippen molar-refractivity contribution in [3.8, 4) is 6.07 Å². The van der Waals surface area contributed by atoms with Crippen LogP contribution in [0.2, 0.25) is 0 Å². The summed E-state index contributed by atoms with van der Waals surface area (Å²) < 4.78 is 99.4. The molecule has 0 saturated carbocycles. The van der Waals surface area contributed by atoms with Crippen LogP contribution >= 0.6 is 0 Å². The van der Waals surface area contributed by atoms with Crippen LogP contribution in [0.4, 0.5) is 35.1 Å². The summed E-state index contributed by atoms with van der Waals surface area (Å²) in [6.45, 7) is 2.79. The van der Waals surface area contributed by atoms with Crippen molar-refractivity contribution >= 4 is 6.72 Å². The van der Waals surface area contributed by atoms with Gasteiger partial charge in [-0.2, -0.15) is 45.5 Å². The zero-order valence-electron chi connectivity index (χ0n) is 9.93. The highest BCUT2D eigenvalue weighted by Crippen LogP contribution is 2.45. The van der Waals surface area contributed by atoms with Crippen LogP contribution < -0.4 is 0 Å². The van der Waals surface area contributed by atoms with Crippen LogP contribution in [0.5, 0.6) is 0 Å². The summed E-state index contributed by atoms with van der Waals surface area (Å²) in [7, 11) is 0.811. The fourth-order valence-corrected chi connectivity index (χ4v) is 1.32. The summed E-state index contributed by atoms with van der Waals surface area (Å²) in [6, 6.07) is -1.34. The van der Waals surface area contributed by atoms with E-state index in [1.54, 1.807) is 0 Å². The summed E-state index contributed by atoms with van der Waals surface area (Å²) in [5, 5.41) is 11.8. The van der Waals surface area contributed by atoms with Gasteiger partial charge in [-0.1, -0.05) is 0 Å². The lowest BCUT2D eigenvalue weighted by Gasteiger charge is -2.32. The van der Waals surface area contributed by atoms with Gasteiger partial charge in [0.1, 0.15) is 6.04 Å². The summed E-state index contributed by atoms with van der Waals surface area (Å²) in [4.78, 5) is 0. The van der Waals surface area contributed by atoms with E-state index in [4.69, 9.17) is 5.26 Å². The van der Waals surface area contributed by atoms with Crippen LogP contribution in [-0.4, -0.2) is 43.1 Å². The third-order valence-electron chi connectivity index (χ3n) is 2.45. The average Bonchev–Trinajstić information content (AvgIpc) is 2.25. The Morgan fingerprint density at radius 1 is 1.15 bits per heavy atom. The Morgan fingerprint density at radius 2 is 1.60 bits per heavy atom. The van der Waals surface area contributed by atoms with Gasteiger partial charge in [-0.25, -0.2) is 0 Å². The van der Waals surface area contributed by atoms with Crippen molar-refractivity contribution in [1.82, 2.24) is 5.01 Å². The first kappa shape index (κ1) is 18.4. The zero-order valence-corrected chi connectivity index (χ0v) is 9.93. The number of halogens is 8. The predicted octanol–water partition coefficient (Wildman–Crippen LogP) is 3.19. The third kappa shape index (κ3) is 4.21. The summed E-state index contributed by atoms with van der Waals surface area (Å²) >= 11 is 0. The lowest BCUT2D eigenvalue weighted by molar-refractivity contribution is -0.302. The van der Waals surface area contributed by atoms with Gasteiger partial charge < -0.3 is 0 Å². The van der Waals surface area contributed by atoms with Crippen LogP contribution in [0.3, 0.4) is 0 Å². The first-order chi connectivity index (χ1) is 8.78. The Bertz CT molecular complexity index is 380. The summed E-state index contributed by atoms with van der Waals surface area (Å²) in [5.74, 6) is -8.82. The van der Waals surface area contributed by atoms with Gasteiger partial charge in [-0.05, 0) is 0 Å². The molecule has 2 atom stereocenters. The molecule has 0 aromatic heterocycles. The van der Waals surface area contributed by atoms with Crippen molar-refractivity contribution in [2.75, 3.05) is 7.05 Å². The molecule has 0 amide bonds. The van der Waals surface area contributed by atoms with E-state index in [0.29, 0.717) is 0 Å². The monoisotopic (exact) mass is 311 g/mol. The van der Waals surface area contributed by atoms with Crippen molar-refractivity contribution in [2.45, 2.75) is 30.7 Å². The lowest BCUT2D eigenvalue weighted by atomic mass is 9.92. The normalized spacial score (nSPS) is 16.2. The van der Waals surface area contributed by atoms with Gasteiger partial charge in [0.25, 0.3) is 0 Å². The molecule has 0 aromatic carbocycles. The predicted molar refractivity (Wildman–Crippen MR) is 51.9 cm³/mol. The first-order valence-electron chi connectivity index (χ1n) is 4.88. The third-order valence-corrected chi connectivity index (χ3v) is 2.45. The SMILES string of the molecule is C=NN(C)C(C#N)[C@@H](CC(F)(F)C(F)(F)F)C(F)(F)F. The second-order valence-electron chi connectivity index (χ2n) is 3.84. The smallest absolute Gasteiger partial charge is 0.283 e. The largest absolute Gasteiger partial charge is 0.453 e. The molecule has 116 valence electrons. The van der Waals surface area contributed by atoms with Gasteiger partial charge in [-0.15, -0.1) is 0 Å². The minimum absolute atomic E-state index is 0.282. The highest BCUT2D eigenvalue weighted by molar-refractivity contribution is 5.23. The highest BCUT2D eigenvalue weighted by atomic mass is 19.4. The molecule has 0 spiro atoms. The molecule has 0 radical (unpaired) electrons. The molecule has 0 bridgehead atoms. The van der Waals surface area contributed by atoms with Gasteiger partial charge in [0.15, 0.2) is 0 Å². The molecular formula is C9H9F8N3. The second kappa shape index (κ2) is 5.80. The Morgan fingerprint density at radius 3 is 1.85 bits per heavy atom. The van der Waals surface area contributed by atoms with Crippen LogP contribution in [0.1, 0.15) is 6.42 Å². The second-order valence-corrected chi connectivity index (χ2v) is 3.84. The van der Waals surface area contributed by atoms with Gasteiger partial charge in [0, 0.05) is 20.2 Å². The van der Waals surface area contributed by atoms with Gasteiger partial charge in [0.05, 0.1) is 12.0 Å². The van der Waals surface area contributed by atoms with E-state index < -0.39 is 36.7 Å². The van der Waals surface area contributed by atoms with Crippen LogP contribution in [-0.2, 0) is 0 Å². The van der Waals surface area contributed by atoms with Gasteiger partial charge in [0.2, 0.25) is 0 Å². The molecule has 20 heavy (non-hydrogen) atoms. The van der Waals surface area contributed by atoms with Crippen LogP contribution in [0, 0.1) is 17.2 Å². The van der Waals surface area contributed by atoms with E-state index in [2.05, 4.69) is 11.8 Å². The van der Waals surface area contributed by atoms with Crippen molar-refractivity contribution in [3.05, 3.63) is 0 Å². The highest BCUT2D eigenvalue weighted by Gasteiger charge is 2.62. The number of nitrogens with zero attached hydrogens (tertiary/aromatic N) is 3. The molecule has 0 aliphatic carbocycles. The molecule has 0 heterocycles. The molecular weight excluding hydrogens is 302 g/mol. The number of hydrazone groups is 1. The minimum Gasteiger partial charge on any atom is -0.283 e. The van der Waals surface area contributed by atoms with E-state index in [0.717, 1.165) is 13.1 Å². The molecule has 1 unspecified atom stereocenters. The van der Waals surface area contributed by atoms with E-state index in [9.17, 15) is 35.1 Å². The zero-order chi connectivity index (χ0) is 16.4. The maximum Gasteiger partial charge on any atom is 0.453 e. The molecule has 0 aliphatic rings. The number of rotatable bonds is 5. The fourth-order valence-electron chi connectivity index (χ4n) is 1.32. The van der Waals surface area contributed by atoms with Crippen molar-refractivity contribution < 1.29 is 35.1 Å². The summed E-state index contributed by atoms with van der Waals surface area (Å²) in [5.41, 5.74) is 0. The number of hydrogen-bond acceptors (Lipinski definition) is 3. The quantitative estimate of drug-likeness (QED) is 0.444. The van der Waals surface area contributed by atoms with E-state index >= 15 is 0 Å². The minimum atomic E-state index is -6.14. The standard InChI is InChI=1S/C9H9F8N3/c1-19-20(2)6(4-18)5(8(12,13)14)3-7(10,11)9(15,16)17/h5-6H,1,3H2,2H3/t5-,6?/m1/s1. The Balaban J connectivity index is 5.52. The number of nitriles is 1. The number of hydrogen-bond donors (Lipinski definition) is 0. The molecule has 0 rings (SSSR count). The molecule has 0 fully saturated rings. The summed E-state index contributed by atoms with van der Waals surface area (Å²) in [6.07, 6.45) is -14.2. The maximum atomic E-state index is 12.8. The average molecular weight is 311 g/mol. The molecule has 0 aliphatic heterocycles. The van der Waals surface area contributed by atoms with Gasteiger partial charge >= 0.3 is 18.3 Å². The first-order valence-corrected chi connectivity index (χ1v) is 4.88. The molecule has 11 heteroatoms. The number of alkyl halides is 8. The van der Waals surface area contributed by atoms with Gasteiger partial charge in [-0.3, -0.25) is 5.01 Å². The lowest BCUT2D eigenvalue weighted by Crippen LogP contribution is -2.48. The molecule has 0 saturated heterocycles. The fraction of sp³-hybridized carbons (Fsp3) is 0.778. The Hall–Kier alpha value is -1.60. The van der Waals surface area contributed by atoms with Crippen molar-refractivity contribution in [2.24, 2.45) is 11.0 Å². The maximum absolute atomic E-state index is 12.8. The van der Waals surface area contributed by atoms with Crippen LogP contribution in [0.15, 0.2) is 5.10 Å². The van der Waals surface area contributed by atoms with Crippen LogP contribution in [0.25, 0.3) is 0 Å². The van der Waals surface area contributed by atoms with E-state index in [1.807, 2.05) is 0 Å². The Kier molecular flexibility index (Phi) is 5.34.